The van der Waals surface area contributed by atoms with Crippen LogP contribution in [0.3, 0.4) is 0 Å². The molecule has 3 aromatic rings. The minimum absolute atomic E-state index is 0.00312. The molecule has 0 radical (unpaired) electrons. The number of nitrogens with zero attached hydrogens (tertiary/aromatic N) is 2. The SMILES string of the molecule is COCCNCCN1C(=O)N2C(c3cccc(O)c3)c3[nH]c4ccc(OC(F)F)cc4c3CC2(C)C1=O. The molecule has 5 rings (SSSR count). The number of alkyl halides is 2. The van der Waals surface area contributed by atoms with Crippen molar-refractivity contribution < 1.29 is 33.0 Å². The normalized spacial score (nSPS) is 21.2. The van der Waals surface area contributed by atoms with E-state index >= 15 is 0 Å². The number of nitrogens with one attached hydrogen (secondary N) is 2. The molecule has 9 nitrogen and oxygen atoms in total. The second-order valence-electron chi connectivity index (χ2n) is 9.40. The molecule has 196 valence electrons. The maximum absolute atomic E-state index is 13.7. The van der Waals surface area contributed by atoms with E-state index in [1.807, 2.05) is 0 Å². The zero-order valence-electron chi connectivity index (χ0n) is 20.5. The number of phenolic OH excluding ortho intramolecular Hbond substituents is 1. The molecule has 2 aliphatic rings. The third-order valence-corrected chi connectivity index (χ3v) is 7.04. The van der Waals surface area contributed by atoms with Gasteiger partial charge in [0.2, 0.25) is 0 Å². The standard InChI is InChI=1S/C26H28F2N4O5/c1-26-14-19-18-13-17(37-24(27)28)6-7-20(18)30-21(19)22(15-4-3-5-16(33)12-15)32(26)25(35)31(23(26)34)10-8-29-9-11-36-2/h3-7,12-13,22,24,29-30,33H,8-11,14H2,1-2H3. The van der Waals surface area contributed by atoms with Crippen LogP contribution in [-0.4, -0.2) is 77.3 Å². The van der Waals surface area contributed by atoms with Crippen molar-refractivity contribution in [3.63, 3.8) is 0 Å². The van der Waals surface area contributed by atoms with Crippen LogP contribution in [0.25, 0.3) is 10.9 Å². The van der Waals surface area contributed by atoms with E-state index in [2.05, 4.69) is 15.0 Å². The molecule has 3 N–H and O–H groups in total. The van der Waals surface area contributed by atoms with Crippen molar-refractivity contribution in [3.05, 3.63) is 59.3 Å². The first kappa shape index (κ1) is 25.0. The van der Waals surface area contributed by atoms with E-state index in [1.54, 1.807) is 43.2 Å². The van der Waals surface area contributed by atoms with Gasteiger partial charge in [-0.1, -0.05) is 12.1 Å². The Hall–Kier alpha value is -3.70. The number of ether oxygens (including phenoxy) is 2. The highest BCUT2D eigenvalue weighted by Gasteiger charge is 2.60. The number of aromatic hydroxyl groups is 1. The fourth-order valence-corrected chi connectivity index (χ4v) is 5.40. The van der Waals surface area contributed by atoms with Crippen molar-refractivity contribution in [1.29, 1.82) is 0 Å². The number of urea groups is 1. The van der Waals surface area contributed by atoms with Crippen molar-refractivity contribution in [3.8, 4) is 11.5 Å². The Morgan fingerprint density at radius 3 is 2.76 bits per heavy atom. The molecule has 2 unspecified atom stereocenters. The Morgan fingerprint density at radius 1 is 1.22 bits per heavy atom. The highest BCUT2D eigenvalue weighted by atomic mass is 19.3. The van der Waals surface area contributed by atoms with Crippen molar-refractivity contribution in [2.45, 2.75) is 31.5 Å². The van der Waals surface area contributed by atoms with Gasteiger partial charge in [0, 0.05) is 49.8 Å². The van der Waals surface area contributed by atoms with E-state index in [1.165, 1.54) is 23.1 Å². The Bertz CT molecular complexity index is 1350. The first-order valence-electron chi connectivity index (χ1n) is 12.0. The van der Waals surface area contributed by atoms with Crippen LogP contribution >= 0.6 is 0 Å². The molecule has 0 bridgehead atoms. The van der Waals surface area contributed by atoms with Crippen LogP contribution in [0, 0.1) is 0 Å². The van der Waals surface area contributed by atoms with Crippen molar-refractivity contribution in [2.24, 2.45) is 0 Å². The average Bonchev–Trinajstić information content (AvgIpc) is 3.29. The number of aromatic nitrogens is 1. The number of aromatic amines is 1. The number of hydrogen-bond acceptors (Lipinski definition) is 6. The van der Waals surface area contributed by atoms with E-state index in [9.17, 15) is 23.5 Å². The Labute approximate surface area is 211 Å². The topological polar surface area (TPSA) is 107 Å². The molecule has 1 saturated heterocycles. The van der Waals surface area contributed by atoms with Gasteiger partial charge in [-0.25, -0.2) is 4.79 Å². The molecule has 11 heteroatoms. The predicted octanol–water partition coefficient (Wildman–Crippen LogP) is 3.38. The second kappa shape index (κ2) is 9.64. The van der Waals surface area contributed by atoms with Gasteiger partial charge in [0.05, 0.1) is 6.61 Å². The van der Waals surface area contributed by atoms with Crippen molar-refractivity contribution >= 4 is 22.8 Å². The molecule has 0 spiro atoms. The predicted molar refractivity (Wildman–Crippen MR) is 131 cm³/mol. The zero-order chi connectivity index (χ0) is 26.3. The molecule has 1 fully saturated rings. The number of phenols is 1. The van der Waals surface area contributed by atoms with Gasteiger partial charge in [0.1, 0.15) is 23.1 Å². The minimum Gasteiger partial charge on any atom is -0.508 e. The monoisotopic (exact) mass is 514 g/mol. The van der Waals surface area contributed by atoms with E-state index in [0.717, 1.165) is 5.56 Å². The van der Waals surface area contributed by atoms with Gasteiger partial charge in [-0.3, -0.25) is 14.6 Å². The fourth-order valence-electron chi connectivity index (χ4n) is 5.40. The lowest BCUT2D eigenvalue weighted by Gasteiger charge is -2.42. The summed E-state index contributed by atoms with van der Waals surface area (Å²) in [6, 6.07) is 10.0. The van der Waals surface area contributed by atoms with Crippen LogP contribution in [-0.2, 0) is 16.0 Å². The van der Waals surface area contributed by atoms with Crippen LogP contribution in [0.15, 0.2) is 42.5 Å². The number of fused-ring (bicyclic) bond motifs is 4. The van der Waals surface area contributed by atoms with E-state index in [0.29, 0.717) is 41.9 Å². The molecule has 2 aliphatic heterocycles. The van der Waals surface area contributed by atoms with E-state index < -0.39 is 24.2 Å². The minimum atomic E-state index is -2.97. The summed E-state index contributed by atoms with van der Waals surface area (Å²) >= 11 is 0. The highest BCUT2D eigenvalue weighted by molar-refractivity contribution is 6.08. The van der Waals surface area contributed by atoms with Gasteiger partial charge < -0.3 is 24.9 Å². The Kier molecular flexibility index (Phi) is 6.50. The second-order valence-corrected chi connectivity index (χ2v) is 9.40. The van der Waals surface area contributed by atoms with Gasteiger partial charge in [-0.2, -0.15) is 8.78 Å². The fraction of sp³-hybridized carbons (Fsp3) is 0.385. The van der Waals surface area contributed by atoms with Gasteiger partial charge in [-0.05, 0) is 48.4 Å². The summed E-state index contributed by atoms with van der Waals surface area (Å²) in [6.07, 6.45) is 0.188. The Balaban J connectivity index is 1.59. The summed E-state index contributed by atoms with van der Waals surface area (Å²) < 4.78 is 35.4. The molecule has 0 saturated carbocycles. The number of rotatable bonds is 9. The average molecular weight is 515 g/mol. The number of benzene rings is 2. The first-order valence-corrected chi connectivity index (χ1v) is 12.0. The summed E-state index contributed by atoms with van der Waals surface area (Å²) in [5.41, 5.74) is 1.46. The van der Waals surface area contributed by atoms with Crippen LogP contribution in [0.2, 0.25) is 0 Å². The lowest BCUT2D eigenvalue weighted by Crippen LogP contribution is -2.53. The number of amides is 3. The number of imide groups is 1. The number of hydrogen-bond donors (Lipinski definition) is 3. The number of halogens is 2. The molecule has 0 aliphatic carbocycles. The lowest BCUT2D eigenvalue weighted by atomic mass is 9.81. The zero-order valence-corrected chi connectivity index (χ0v) is 20.5. The van der Waals surface area contributed by atoms with Crippen LogP contribution in [0.1, 0.15) is 29.8 Å². The molecule has 2 aromatic carbocycles. The van der Waals surface area contributed by atoms with Gasteiger partial charge in [-0.15, -0.1) is 0 Å². The quantitative estimate of drug-likeness (QED) is 0.299. The number of carbonyl (C=O) groups is 2. The third kappa shape index (κ3) is 4.27. The molecule has 1 aromatic heterocycles. The summed E-state index contributed by atoms with van der Waals surface area (Å²) in [4.78, 5) is 33.6. The molecule has 3 amide bonds. The number of methoxy groups -OCH3 is 1. The molecular weight excluding hydrogens is 486 g/mol. The van der Waals surface area contributed by atoms with Crippen LogP contribution < -0.4 is 10.1 Å². The van der Waals surface area contributed by atoms with Gasteiger partial charge in [0.15, 0.2) is 0 Å². The Morgan fingerprint density at radius 2 is 2.03 bits per heavy atom. The summed E-state index contributed by atoms with van der Waals surface area (Å²) in [6.45, 7) is 0.428. The number of H-pyrrole nitrogens is 1. The summed E-state index contributed by atoms with van der Waals surface area (Å²) in [7, 11) is 1.59. The third-order valence-electron chi connectivity index (χ3n) is 7.04. The highest BCUT2D eigenvalue weighted by Crippen LogP contribution is 2.49. The number of carbonyl (C=O) groups excluding carboxylic acids is 2. The van der Waals surface area contributed by atoms with Gasteiger partial charge >= 0.3 is 12.6 Å². The lowest BCUT2D eigenvalue weighted by molar-refractivity contribution is -0.133. The maximum Gasteiger partial charge on any atom is 0.387 e. The largest absolute Gasteiger partial charge is 0.508 e. The van der Waals surface area contributed by atoms with Crippen molar-refractivity contribution in [2.75, 3.05) is 33.4 Å². The molecule has 2 atom stereocenters. The molecule has 37 heavy (non-hydrogen) atoms. The van der Waals surface area contributed by atoms with Crippen LogP contribution in [0.5, 0.6) is 11.5 Å². The summed E-state index contributed by atoms with van der Waals surface area (Å²) in [5.74, 6) is -0.313. The summed E-state index contributed by atoms with van der Waals surface area (Å²) in [5, 5.41) is 14.0. The van der Waals surface area contributed by atoms with Crippen molar-refractivity contribution in [1.82, 2.24) is 20.1 Å². The van der Waals surface area contributed by atoms with Crippen LogP contribution in [0.4, 0.5) is 13.6 Å². The first-order chi connectivity index (χ1) is 17.7. The van der Waals surface area contributed by atoms with E-state index in [-0.39, 0.29) is 30.4 Å². The smallest absolute Gasteiger partial charge is 0.387 e. The molecular formula is C26H28F2N4O5. The van der Waals surface area contributed by atoms with Gasteiger partial charge in [0.25, 0.3) is 5.91 Å². The molecule has 3 heterocycles. The van der Waals surface area contributed by atoms with E-state index in [4.69, 9.17) is 4.74 Å². The maximum atomic E-state index is 13.7.